The quantitative estimate of drug-likeness (QED) is 0.297. The monoisotopic (exact) mass is 461 g/mol. The summed E-state index contributed by atoms with van der Waals surface area (Å²) >= 11 is 2.83. The summed E-state index contributed by atoms with van der Waals surface area (Å²) in [6.07, 6.45) is 1.30. The summed E-state index contributed by atoms with van der Waals surface area (Å²) in [6, 6.07) is 22.0. The molecule has 4 rings (SSSR count). The highest BCUT2D eigenvalue weighted by Gasteiger charge is 2.10. The number of carbonyl (C=O) groups is 2. The van der Waals surface area contributed by atoms with Crippen molar-refractivity contribution < 1.29 is 9.59 Å². The van der Waals surface area contributed by atoms with Crippen molar-refractivity contribution in [2.24, 2.45) is 0 Å². The lowest BCUT2D eigenvalue weighted by molar-refractivity contribution is -0.116. The third-order valence-corrected chi connectivity index (χ3v) is 6.51. The molecule has 2 N–H and O–H groups in total. The Morgan fingerprint density at radius 2 is 1.78 bits per heavy atom. The first-order valence-electron chi connectivity index (χ1n) is 10.4. The molecule has 162 valence electrons. The molecule has 0 saturated heterocycles. The van der Waals surface area contributed by atoms with Crippen LogP contribution in [0.15, 0.2) is 77.0 Å². The smallest absolute Gasteiger partial charge is 0.236 e. The lowest BCUT2D eigenvalue weighted by Gasteiger charge is -2.07. The summed E-state index contributed by atoms with van der Waals surface area (Å²) in [5, 5.41) is 10.6. The first kappa shape index (κ1) is 22.0. The summed E-state index contributed by atoms with van der Waals surface area (Å²) in [4.78, 5) is 29.7. The van der Waals surface area contributed by atoms with Gasteiger partial charge in [0.15, 0.2) is 5.13 Å². The average molecular weight is 462 g/mol. The highest BCUT2D eigenvalue weighted by molar-refractivity contribution is 8.00. The maximum Gasteiger partial charge on any atom is 0.236 e. The van der Waals surface area contributed by atoms with Crippen molar-refractivity contribution in [2.75, 3.05) is 16.4 Å². The van der Waals surface area contributed by atoms with Crippen molar-refractivity contribution in [3.63, 3.8) is 0 Å². The lowest BCUT2D eigenvalue weighted by atomic mass is 10.1. The minimum absolute atomic E-state index is 0.00150. The highest BCUT2D eigenvalue weighted by atomic mass is 32.2. The van der Waals surface area contributed by atoms with E-state index in [1.54, 1.807) is 0 Å². The van der Waals surface area contributed by atoms with Crippen molar-refractivity contribution in [1.82, 2.24) is 4.98 Å². The van der Waals surface area contributed by atoms with E-state index in [0.717, 1.165) is 33.6 Å². The number of hydrogen-bond acceptors (Lipinski definition) is 5. The molecule has 0 atom stereocenters. The van der Waals surface area contributed by atoms with Gasteiger partial charge < -0.3 is 10.6 Å². The van der Waals surface area contributed by atoms with Crippen LogP contribution in [0.3, 0.4) is 0 Å². The molecule has 1 heterocycles. The SMILES string of the molecule is CCCC(=O)Nc1cccc(SCC(=O)Nc2nc(-c3ccc4ccccc4c3)cs2)c1. The molecule has 7 heteroatoms. The molecule has 0 spiro atoms. The number of amides is 2. The summed E-state index contributed by atoms with van der Waals surface area (Å²) in [7, 11) is 0. The number of thiazole rings is 1. The number of nitrogens with zero attached hydrogens (tertiary/aromatic N) is 1. The predicted octanol–water partition coefficient (Wildman–Crippen LogP) is 6.43. The fourth-order valence-electron chi connectivity index (χ4n) is 3.23. The minimum atomic E-state index is -0.116. The number of fused-ring (bicyclic) bond motifs is 1. The molecule has 0 aliphatic rings. The topological polar surface area (TPSA) is 71.1 Å². The molecule has 5 nitrogen and oxygen atoms in total. The molecule has 32 heavy (non-hydrogen) atoms. The molecule has 4 aromatic rings. The Bertz CT molecular complexity index is 1250. The minimum Gasteiger partial charge on any atom is -0.326 e. The second-order valence-corrected chi connectivity index (χ2v) is 9.17. The van der Waals surface area contributed by atoms with Gasteiger partial charge in [0.2, 0.25) is 11.8 Å². The van der Waals surface area contributed by atoms with E-state index in [0.29, 0.717) is 11.6 Å². The van der Waals surface area contributed by atoms with Crippen molar-refractivity contribution in [1.29, 1.82) is 0 Å². The largest absolute Gasteiger partial charge is 0.326 e. The van der Waals surface area contributed by atoms with E-state index in [4.69, 9.17) is 0 Å². The van der Waals surface area contributed by atoms with E-state index in [1.165, 1.54) is 28.5 Å². The first-order valence-corrected chi connectivity index (χ1v) is 12.2. The summed E-state index contributed by atoms with van der Waals surface area (Å²) < 4.78 is 0. The summed E-state index contributed by atoms with van der Waals surface area (Å²) in [6.45, 7) is 1.97. The fourth-order valence-corrected chi connectivity index (χ4v) is 4.72. The summed E-state index contributed by atoms with van der Waals surface area (Å²) in [5.74, 6) is 0.144. The number of anilines is 2. The van der Waals surface area contributed by atoms with Crippen molar-refractivity contribution in [3.8, 4) is 11.3 Å². The number of aromatic nitrogens is 1. The van der Waals surface area contributed by atoms with Gasteiger partial charge in [0.05, 0.1) is 11.4 Å². The van der Waals surface area contributed by atoms with Crippen LogP contribution in [0, 0.1) is 0 Å². The van der Waals surface area contributed by atoms with Gasteiger partial charge in [-0.15, -0.1) is 23.1 Å². The van der Waals surface area contributed by atoms with Crippen molar-refractivity contribution in [2.45, 2.75) is 24.7 Å². The lowest BCUT2D eigenvalue weighted by Crippen LogP contribution is -2.14. The Morgan fingerprint density at radius 3 is 2.62 bits per heavy atom. The van der Waals surface area contributed by atoms with E-state index >= 15 is 0 Å². The number of carbonyl (C=O) groups excluding carboxylic acids is 2. The van der Waals surface area contributed by atoms with E-state index in [1.807, 2.05) is 54.8 Å². The Labute approximate surface area is 195 Å². The van der Waals surface area contributed by atoms with Crippen LogP contribution in [-0.2, 0) is 9.59 Å². The van der Waals surface area contributed by atoms with Gasteiger partial charge in [-0.1, -0.05) is 49.4 Å². The number of hydrogen-bond donors (Lipinski definition) is 2. The Hall–Kier alpha value is -3.16. The normalized spacial score (nSPS) is 10.8. The molecule has 2 amide bonds. The van der Waals surface area contributed by atoms with Crippen LogP contribution < -0.4 is 10.6 Å². The van der Waals surface area contributed by atoms with Gasteiger partial charge in [-0.3, -0.25) is 9.59 Å². The Morgan fingerprint density at radius 1 is 0.938 bits per heavy atom. The molecular formula is C25H23N3O2S2. The van der Waals surface area contributed by atoms with Crippen LogP contribution in [0.1, 0.15) is 19.8 Å². The number of thioether (sulfide) groups is 1. The first-order chi connectivity index (χ1) is 15.6. The van der Waals surface area contributed by atoms with E-state index in [2.05, 4.69) is 39.9 Å². The molecule has 0 aliphatic heterocycles. The molecular weight excluding hydrogens is 438 g/mol. The second-order valence-electron chi connectivity index (χ2n) is 7.26. The zero-order valence-electron chi connectivity index (χ0n) is 17.6. The van der Waals surface area contributed by atoms with Gasteiger partial charge in [0.1, 0.15) is 0 Å². The van der Waals surface area contributed by atoms with E-state index in [-0.39, 0.29) is 17.6 Å². The molecule has 3 aromatic carbocycles. The summed E-state index contributed by atoms with van der Waals surface area (Å²) in [5.41, 5.74) is 2.62. The molecule has 0 fully saturated rings. The van der Waals surface area contributed by atoms with Gasteiger partial charge in [-0.25, -0.2) is 4.98 Å². The van der Waals surface area contributed by atoms with Crippen LogP contribution in [0.2, 0.25) is 0 Å². The van der Waals surface area contributed by atoms with Gasteiger partial charge in [0, 0.05) is 27.9 Å². The predicted molar refractivity (Wildman–Crippen MR) is 134 cm³/mol. The van der Waals surface area contributed by atoms with E-state index < -0.39 is 0 Å². The van der Waals surface area contributed by atoms with Gasteiger partial charge in [-0.2, -0.15) is 0 Å². The third kappa shape index (κ3) is 5.75. The molecule has 0 radical (unpaired) electrons. The number of benzene rings is 3. The third-order valence-electron chi connectivity index (χ3n) is 4.76. The van der Waals surface area contributed by atoms with Crippen LogP contribution in [0.5, 0.6) is 0 Å². The maximum absolute atomic E-state index is 12.4. The van der Waals surface area contributed by atoms with Gasteiger partial charge in [0.25, 0.3) is 0 Å². The molecule has 0 aliphatic carbocycles. The standard InChI is InChI=1S/C25H23N3O2S2/c1-2-6-23(29)26-20-9-5-10-21(14-20)31-16-24(30)28-25-27-22(15-32-25)19-12-11-17-7-3-4-8-18(17)13-19/h3-5,7-15H,2,6,16H2,1H3,(H,26,29)(H,27,28,30). The average Bonchev–Trinajstić information content (AvgIpc) is 3.26. The molecule has 0 unspecified atom stereocenters. The van der Waals surface area contributed by atoms with Crippen LogP contribution in [0.4, 0.5) is 10.8 Å². The number of rotatable bonds is 8. The molecule has 1 aromatic heterocycles. The molecule has 0 saturated carbocycles. The second kappa shape index (κ2) is 10.4. The van der Waals surface area contributed by atoms with E-state index in [9.17, 15) is 9.59 Å². The van der Waals surface area contributed by atoms with Gasteiger partial charge >= 0.3 is 0 Å². The van der Waals surface area contributed by atoms with Crippen LogP contribution in [-0.4, -0.2) is 22.6 Å². The highest BCUT2D eigenvalue weighted by Crippen LogP contribution is 2.28. The fraction of sp³-hybridized carbons (Fsp3) is 0.160. The van der Waals surface area contributed by atoms with Crippen molar-refractivity contribution >= 4 is 56.5 Å². The zero-order valence-corrected chi connectivity index (χ0v) is 19.3. The number of nitrogens with one attached hydrogen (secondary N) is 2. The van der Waals surface area contributed by atoms with Crippen LogP contribution in [0.25, 0.3) is 22.0 Å². The van der Waals surface area contributed by atoms with Crippen molar-refractivity contribution in [3.05, 3.63) is 72.1 Å². The van der Waals surface area contributed by atoms with Crippen LogP contribution >= 0.6 is 23.1 Å². The maximum atomic E-state index is 12.4. The zero-order chi connectivity index (χ0) is 22.3. The van der Waals surface area contributed by atoms with Gasteiger partial charge in [-0.05, 0) is 41.5 Å². The Kier molecular flexibility index (Phi) is 7.19. The molecule has 0 bridgehead atoms. The Balaban J connectivity index is 1.34.